The van der Waals surface area contributed by atoms with Crippen LogP contribution in [0.5, 0.6) is 0 Å². The number of carbonyl (C=O) groups excluding carboxylic acids is 1. The van der Waals surface area contributed by atoms with E-state index in [1.807, 2.05) is 0 Å². The Hall–Kier alpha value is 0.316. The molecule has 0 saturated heterocycles. The van der Waals surface area contributed by atoms with E-state index in [4.69, 9.17) is 5.11 Å². The van der Waals surface area contributed by atoms with E-state index in [0.717, 1.165) is 32.1 Å². The van der Waals surface area contributed by atoms with Crippen molar-refractivity contribution in [3.05, 3.63) is 12.2 Å². The summed E-state index contributed by atoms with van der Waals surface area (Å²) >= 11 is 0. The maximum atomic E-state index is 10.3. The normalized spacial score (nSPS) is 10.8. The van der Waals surface area contributed by atoms with Gasteiger partial charge in [0, 0.05) is 12.4 Å². The summed E-state index contributed by atoms with van der Waals surface area (Å²) in [6, 6.07) is 0. The molecule has 1 N–H and O–H groups in total. The number of unbranched alkanes of at least 4 members (excludes halogenated alkanes) is 25. The Morgan fingerprint density at radius 2 is 0.732 bits per heavy atom. The minimum atomic E-state index is -0.914. The standard InChI is InChI=1S/C18H36O2.C18H34O2.K/c2*1-2-3-4-5-6-7-8-9-10-11-12-13-14-15-16-17-18(19)20;/h2-17H2,1H3,(H,19,20);9-10H,2-8,11-17H2,1H3,(H,19,20);/q;;+1/p-1. The van der Waals surface area contributed by atoms with Gasteiger partial charge in [0.05, 0.1) is 0 Å². The van der Waals surface area contributed by atoms with Gasteiger partial charge >= 0.3 is 57.4 Å². The summed E-state index contributed by atoms with van der Waals surface area (Å²) in [5.74, 6) is -1.57. The molecule has 0 aromatic heterocycles. The van der Waals surface area contributed by atoms with Crippen molar-refractivity contribution >= 4 is 11.9 Å². The molecule has 238 valence electrons. The van der Waals surface area contributed by atoms with E-state index in [2.05, 4.69) is 26.0 Å². The molecule has 41 heavy (non-hydrogen) atoms. The van der Waals surface area contributed by atoms with E-state index in [-0.39, 0.29) is 57.8 Å². The average Bonchev–Trinajstić information content (AvgIpc) is 2.93. The Morgan fingerprint density at radius 3 is 1.02 bits per heavy atom. The molecule has 4 nitrogen and oxygen atoms in total. The number of carboxylic acids is 2. The van der Waals surface area contributed by atoms with Crippen molar-refractivity contribution in [2.24, 2.45) is 0 Å². The first kappa shape index (κ1) is 45.7. The third-order valence-corrected chi connectivity index (χ3v) is 7.64. The summed E-state index contributed by atoms with van der Waals surface area (Å²) in [5.41, 5.74) is 0. The molecule has 0 spiro atoms. The number of hydrogen-bond donors (Lipinski definition) is 1. The fourth-order valence-corrected chi connectivity index (χ4v) is 4.99. The van der Waals surface area contributed by atoms with E-state index >= 15 is 0 Å². The molecule has 0 aliphatic rings. The van der Waals surface area contributed by atoms with Gasteiger partial charge in [0.25, 0.3) is 0 Å². The maximum absolute atomic E-state index is 10.3. The van der Waals surface area contributed by atoms with Crippen LogP contribution in [0.3, 0.4) is 0 Å². The van der Waals surface area contributed by atoms with Crippen molar-refractivity contribution in [2.75, 3.05) is 0 Å². The number of carbonyl (C=O) groups is 2. The summed E-state index contributed by atoms with van der Waals surface area (Å²) in [7, 11) is 0. The van der Waals surface area contributed by atoms with Crippen LogP contribution in [0, 0.1) is 0 Å². The van der Waals surface area contributed by atoms with Gasteiger partial charge in [-0.25, -0.2) is 0 Å². The van der Waals surface area contributed by atoms with Crippen LogP contribution in [0.1, 0.15) is 206 Å². The smallest absolute Gasteiger partial charge is 0.550 e. The fraction of sp³-hybridized carbons (Fsp3) is 0.889. The first-order valence-corrected chi connectivity index (χ1v) is 17.6. The molecule has 0 fully saturated rings. The minimum absolute atomic E-state index is 0. The van der Waals surface area contributed by atoms with Crippen molar-refractivity contribution in [3.63, 3.8) is 0 Å². The second-order valence-corrected chi connectivity index (χ2v) is 11.8. The van der Waals surface area contributed by atoms with E-state index in [9.17, 15) is 14.7 Å². The van der Waals surface area contributed by atoms with Gasteiger partial charge < -0.3 is 15.0 Å². The third-order valence-electron chi connectivity index (χ3n) is 7.64. The summed E-state index contributed by atoms with van der Waals surface area (Å²) in [4.78, 5) is 20.5. The summed E-state index contributed by atoms with van der Waals surface area (Å²) < 4.78 is 0. The Kier molecular flexibility index (Phi) is 47.4. The second-order valence-electron chi connectivity index (χ2n) is 11.8. The van der Waals surface area contributed by atoms with Gasteiger partial charge in [-0.05, 0) is 44.9 Å². The topological polar surface area (TPSA) is 77.4 Å². The predicted octanol–water partition coefficient (Wildman–Crippen LogP) is 8.11. The molecule has 0 rings (SSSR count). The first-order chi connectivity index (χ1) is 19.5. The van der Waals surface area contributed by atoms with Gasteiger partial charge in [-0.3, -0.25) is 4.79 Å². The molecule has 0 aliphatic heterocycles. The maximum Gasteiger partial charge on any atom is 1.00 e. The van der Waals surface area contributed by atoms with Gasteiger partial charge in [0.15, 0.2) is 0 Å². The molecule has 0 bridgehead atoms. The summed E-state index contributed by atoms with van der Waals surface area (Å²) in [5, 5.41) is 18.7. The third kappa shape index (κ3) is 50.3. The number of carboxylic acid groups (broad SMARTS) is 2. The first-order valence-electron chi connectivity index (χ1n) is 17.6. The molecule has 0 radical (unpaired) electrons. The number of allylic oxidation sites excluding steroid dienone is 2. The summed E-state index contributed by atoms with van der Waals surface area (Å²) in [6.45, 7) is 4.53. The zero-order valence-corrected chi connectivity index (χ0v) is 31.2. The van der Waals surface area contributed by atoms with Crippen LogP contribution in [0.4, 0.5) is 0 Å². The number of rotatable bonds is 31. The van der Waals surface area contributed by atoms with Crippen LogP contribution in [0.15, 0.2) is 12.2 Å². The molecular formula is C36H69KO4. The molecule has 0 aromatic carbocycles. The Bertz CT molecular complexity index is 536. The van der Waals surface area contributed by atoms with Crippen LogP contribution >= 0.6 is 0 Å². The van der Waals surface area contributed by atoms with E-state index in [1.54, 1.807) is 0 Å². The SMILES string of the molecule is CCCCCCCCC=CCCCCCCCC(=O)[O-].CCCCCCCCCCCCCCCCCC(=O)O.[K+]. The summed E-state index contributed by atoms with van der Waals surface area (Å²) in [6.07, 6.45) is 41.1. The van der Waals surface area contributed by atoms with Gasteiger partial charge in [-0.2, -0.15) is 0 Å². The van der Waals surface area contributed by atoms with Crippen LogP contribution in [0.25, 0.3) is 0 Å². The molecule has 0 unspecified atom stereocenters. The average molecular weight is 605 g/mol. The Morgan fingerprint density at radius 1 is 0.463 bits per heavy atom. The molecule has 0 aliphatic carbocycles. The van der Waals surface area contributed by atoms with Crippen molar-refractivity contribution < 1.29 is 71.2 Å². The van der Waals surface area contributed by atoms with Crippen LogP contribution < -0.4 is 56.5 Å². The van der Waals surface area contributed by atoms with Crippen molar-refractivity contribution in [1.82, 2.24) is 0 Å². The Balaban J connectivity index is -0.000000688. The van der Waals surface area contributed by atoms with E-state index in [1.165, 1.54) is 148 Å². The van der Waals surface area contributed by atoms with Gasteiger partial charge in [0.2, 0.25) is 0 Å². The molecule has 0 saturated carbocycles. The zero-order valence-electron chi connectivity index (χ0n) is 28.0. The van der Waals surface area contributed by atoms with Crippen LogP contribution in [0.2, 0.25) is 0 Å². The van der Waals surface area contributed by atoms with Crippen LogP contribution in [-0.2, 0) is 9.59 Å². The van der Waals surface area contributed by atoms with Gasteiger partial charge in [-0.1, -0.05) is 167 Å². The van der Waals surface area contributed by atoms with E-state index < -0.39 is 11.9 Å². The van der Waals surface area contributed by atoms with Crippen molar-refractivity contribution in [2.45, 2.75) is 206 Å². The molecule has 0 heterocycles. The minimum Gasteiger partial charge on any atom is -0.550 e. The van der Waals surface area contributed by atoms with Gasteiger partial charge in [0.1, 0.15) is 0 Å². The van der Waals surface area contributed by atoms with E-state index in [0.29, 0.717) is 6.42 Å². The second kappa shape index (κ2) is 42.4. The monoisotopic (exact) mass is 604 g/mol. The quantitative estimate of drug-likeness (QED) is 0.0493. The number of aliphatic carboxylic acids is 2. The van der Waals surface area contributed by atoms with Crippen molar-refractivity contribution in [1.29, 1.82) is 0 Å². The number of hydrogen-bond acceptors (Lipinski definition) is 3. The van der Waals surface area contributed by atoms with Crippen LogP contribution in [-0.4, -0.2) is 17.0 Å². The molecule has 0 amide bonds. The largest absolute Gasteiger partial charge is 1.00 e. The molecular weight excluding hydrogens is 535 g/mol. The molecule has 0 aromatic rings. The molecule has 0 atom stereocenters. The predicted molar refractivity (Wildman–Crippen MR) is 172 cm³/mol. The zero-order chi connectivity index (χ0) is 29.8. The fourth-order valence-electron chi connectivity index (χ4n) is 4.99. The van der Waals surface area contributed by atoms with Gasteiger partial charge in [-0.15, -0.1) is 0 Å². The molecule has 5 heteroatoms. The van der Waals surface area contributed by atoms with Crippen molar-refractivity contribution in [3.8, 4) is 0 Å². The Labute approximate surface area is 299 Å².